The highest BCUT2D eigenvalue weighted by atomic mass is 32.2. The second-order valence-electron chi connectivity index (χ2n) is 6.93. The van der Waals surface area contributed by atoms with Gasteiger partial charge < -0.3 is 5.32 Å². The number of amides is 2. The third-order valence-corrected chi connectivity index (χ3v) is 6.02. The SMILES string of the molecule is Cc1ccc(C(=O)Nc2ccccc2[C@H]2SCC(=O)N2c2ccc(F)cc2F)cc1. The number of thioether (sulfide) groups is 1. The Morgan fingerprint density at radius 2 is 1.80 bits per heavy atom. The average Bonchev–Trinajstić information content (AvgIpc) is 3.10. The number of nitrogens with zero attached hydrogens (tertiary/aromatic N) is 1. The van der Waals surface area contributed by atoms with Crippen LogP contribution in [0.4, 0.5) is 20.2 Å². The maximum atomic E-state index is 14.4. The lowest BCUT2D eigenvalue weighted by Crippen LogP contribution is -2.29. The second kappa shape index (κ2) is 8.28. The van der Waals surface area contributed by atoms with E-state index in [9.17, 15) is 18.4 Å². The normalized spacial score (nSPS) is 16.0. The van der Waals surface area contributed by atoms with Gasteiger partial charge in [0, 0.05) is 22.9 Å². The number of hydrogen-bond donors (Lipinski definition) is 1. The average molecular weight is 424 g/mol. The van der Waals surface area contributed by atoms with Crippen LogP contribution in [0.25, 0.3) is 0 Å². The van der Waals surface area contributed by atoms with E-state index in [2.05, 4.69) is 5.32 Å². The lowest BCUT2D eigenvalue weighted by atomic mass is 10.1. The fourth-order valence-corrected chi connectivity index (χ4v) is 4.52. The fourth-order valence-electron chi connectivity index (χ4n) is 3.32. The van der Waals surface area contributed by atoms with E-state index in [0.717, 1.165) is 17.7 Å². The summed E-state index contributed by atoms with van der Waals surface area (Å²) in [7, 11) is 0. The minimum Gasteiger partial charge on any atom is -0.322 e. The van der Waals surface area contributed by atoms with Crippen molar-refractivity contribution in [2.24, 2.45) is 0 Å². The van der Waals surface area contributed by atoms with E-state index >= 15 is 0 Å². The number of carbonyl (C=O) groups excluding carboxylic acids is 2. The van der Waals surface area contributed by atoms with Crippen LogP contribution < -0.4 is 10.2 Å². The molecule has 1 N–H and O–H groups in total. The molecule has 3 aromatic rings. The molecule has 0 radical (unpaired) electrons. The van der Waals surface area contributed by atoms with Gasteiger partial charge >= 0.3 is 0 Å². The van der Waals surface area contributed by atoms with Gasteiger partial charge in [-0.15, -0.1) is 11.8 Å². The Labute approximate surface area is 176 Å². The molecule has 1 heterocycles. The van der Waals surface area contributed by atoms with Gasteiger partial charge in [-0.1, -0.05) is 35.9 Å². The molecule has 7 heteroatoms. The zero-order valence-electron chi connectivity index (χ0n) is 16.1. The molecule has 1 atom stereocenters. The quantitative estimate of drug-likeness (QED) is 0.618. The van der Waals surface area contributed by atoms with Crippen LogP contribution in [0.2, 0.25) is 0 Å². The van der Waals surface area contributed by atoms with Gasteiger partial charge in [-0.2, -0.15) is 0 Å². The third-order valence-electron chi connectivity index (χ3n) is 4.83. The molecule has 4 nitrogen and oxygen atoms in total. The van der Waals surface area contributed by atoms with Gasteiger partial charge in [-0.25, -0.2) is 8.78 Å². The number of hydrogen-bond acceptors (Lipinski definition) is 3. The third kappa shape index (κ3) is 3.93. The number of nitrogens with one attached hydrogen (secondary N) is 1. The Bertz CT molecular complexity index is 1120. The Hall–Kier alpha value is -3.19. The summed E-state index contributed by atoms with van der Waals surface area (Å²) >= 11 is 1.32. The van der Waals surface area contributed by atoms with Crippen LogP contribution in [0.1, 0.15) is 26.9 Å². The number of halogens is 2. The molecule has 0 aromatic heterocycles. The molecule has 1 fully saturated rings. The largest absolute Gasteiger partial charge is 0.322 e. The first-order chi connectivity index (χ1) is 14.4. The molecule has 1 saturated heterocycles. The topological polar surface area (TPSA) is 49.4 Å². The fraction of sp³-hybridized carbons (Fsp3) is 0.130. The summed E-state index contributed by atoms with van der Waals surface area (Å²) in [6.07, 6.45) is 0. The van der Waals surface area contributed by atoms with Crippen molar-refractivity contribution in [2.75, 3.05) is 16.0 Å². The maximum absolute atomic E-state index is 14.4. The summed E-state index contributed by atoms with van der Waals surface area (Å²) in [5.74, 6) is -1.93. The lowest BCUT2D eigenvalue weighted by molar-refractivity contribution is -0.115. The van der Waals surface area contributed by atoms with Crippen LogP contribution in [0.15, 0.2) is 66.7 Å². The van der Waals surface area contributed by atoms with E-state index in [1.807, 2.05) is 19.1 Å². The van der Waals surface area contributed by atoms with Crippen molar-refractivity contribution < 1.29 is 18.4 Å². The monoisotopic (exact) mass is 424 g/mol. The molecule has 1 aliphatic rings. The van der Waals surface area contributed by atoms with E-state index in [1.165, 1.54) is 22.7 Å². The van der Waals surface area contributed by atoms with Crippen LogP contribution >= 0.6 is 11.8 Å². The molecule has 30 heavy (non-hydrogen) atoms. The molecule has 3 aromatic carbocycles. The predicted octanol–water partition coefficient (Wildman–Crippen LogP) is 5.30. The first-order valence-electron chi connectivity index (χ1n) is 9.29. The van der Waals surface area contributed by atoms with Gasteiger partial charge in [0.1, 0.15) is 17.0 Å². The molecule has 0 unspecified atom stereocenters. The first-order valence-corrected chi connectivity index (χ1v) is 10.3. The van der Waals surface area contributed by atoms with Crippen molar-refractivity contribution in [1.29, 1.82) is 0 Å². The standard InChI is InChI=1S/C23H18F2N2O2S/c1-14-6-8-15(9-7-14)22(29)26-19-5-3-2-4-17(19)23-27(21(28)13-30-23)20-11-10-16(24)12-18(20)25/h2-12,23H,13H2,1H3,(H,26,29)/t23-/m1/s1. The summed E-state index contributed by atoms with van der Waals surface area (Å²) < 4.78 is 27.8. The second-order valence-corrected chi connectivity index (χ2v) is 8.00. The minimum absolute atomic E-state index is 0.0102. The zero-order chi connectivity index (χ0) is 21.3. The van der Waals surface area contributed by atoms with Crippen molar-refractivity contribution in [3.8, 4) is 0 Å². The van der Waals surface area contributed by atoms with Crippen molar-refractivity contribution >= 4 is 35.0 Å². The van der Waals surface area contributed by atoms with Gasteiger partial charge in [-0.3, -0.25) is 14.5 Å². The minimum atomic E-state index is -0.808. The van der Waals surface area contributed by atoms with E-state index in [0.29, 0.717) is 16.8 Å². The van der Waals surface area contributed by atoms with E-state index in [1.54, 1.807) is 36.4 Å². The number of rotatable bonds is 4. The van der Waals surface area contributed by atoms with Crippen molar-refractivity contribution in [3.63, 3.8) is 0 Å². The van der Waals surface area contributed by atoms with Crippen molar-refractivity contribution in [2.45, 2.75) is 12.3 Å². The number of benzene rings is 3. The Morgan fingerprint density at radius 1 is 1.07 bits per heavy atom. The van der Waals surface area contributed by atoms with Gasteiger partial charge in [0.25, 0.3) is 5.91 Å². The highest BCUT2D eigenvalue weighted by Gasteiger charge is 2.36. The van der Waals surface area contributed by atoms with Crippen LogP contribution in [0.5, 0.6) is 0 Å². The molecule has 1 aliphatic heterocycles. The number of para-hydroxylation sites is 1. The van der Waals surface area contributed by atoms with Crippen molar-refractivity contribution in [3.05, 3.63) is 95.1 Å². The van der Waals surface area contributed by atoms with E-state index in [-0.39, 0.29) is 23.3 Å². The van der Waals surface area contributed by atoms with Crippen LogP contribution in [0, 0.1) is 18.6 Å². The van der Waals surface area contributed by atoms with E-state index < -0.39 is 17.0 Å². The van der Waals surface area contributed by atoms with Crippen LogP contribution in [-0.2, 0) is 4.79 Å². The van der Waals surface area contributed by atoms with Crippen LogP contribution in [0.3, 0.4) is 0 Å². The summed E-state index contributed by atoms with van der Waals surface area (Å²) in [4.78, 5) is 26.6. The summed E-state index contributed by atoms with van der Waals surface area (Å²) in [6.45, 7) is 1.94. The summed E-state index contributed by atoms with van der Waals surface area (Å²) in [5.41, 5.74) is 2.76. The highest BCUT2D eigenvalue weighted by molar-refractivity contribution is 8.00. The number of aryl methyl sites for hydroxylation is 1. The van der Waals surface area contributed by atoms with Crippen molar-refractivity contribution in [1.82, 2.24) is 0 Å². The smallest absolute Gasteiger partial charge is 0.255 e. The summed E-state index contributed by atoms with van der Waals surface area (Å²) in [6, 6.07) is 17.4. The Morgan fingerprint density at radius 3 is 2.53 bits per heavy atom. The molecule has 2 amide bonds. The Kier molecular flexibility index (Phi) is 5.55. The lowest BCUT2D eigenvalue weighted by Gasteiger charge is -2.26. The Balaban J connectivity index is 1.67. The van der Waals surface area contributed by atoms with Gasteiger partial charge in [0.2, 0.25) is 5.91 Å². The molecular weight excluding hydrogens is 406 g/mol. The van der Waals surface area contributed by atoms with Gasteiger partial charge in [0.15, 0.2) is 0 Å². The first kappa shape index (κ1) is 20.1. The van der Waals surface area contributed by atoms with E-state index in [4.69, 9.17) is 0 Å². The highest BCUT2D eigenvalue weighted by Crippen LogP contribution is 2.44. The molecule has 152 valence electrons. The molecule has 0 saturated carbocycles. The molecule has 0 spiro atoms. The molecule has 4 rings (SSSR count). The van der Waals surface area contributed by atoms with Gasteiger partial charge in [0.05, 0.1) is 11.4 Å². The van der Waals surface area contributed by atoms with Crippen LogP contribution in [-0.4, -0.2) is 17.6 Å². The predicted molar refractivity (Wildman–Crippen MR) is 115 cm³/mol. The number of carbonyl (C=O) groups is 2. The zero-order valence-corrected chi connectivity index (χ0v) is 16.9. The molecule has 0 aliphatic carbocycles. The summed E-state index contributed by atoms with van der Waals surface area (Å²) in [5, 5.41) is 2.34. The molecular formula is C23H18F2N2O2S. The maximum Gasteiger partial charge on any atom is 0.255 e. The molecule has 0 bridgehead atoms. The number of anilines is 2. The van der Waals surface area contributed by atoms with Gasteiger partial charge in [-0.05, 0) is 37.3 Å².